The minimum Gasteiger partial charge on any atom is -0.325 e. The molecule has 0 fully saturated rings. The van der Waals surface area contributed by atoms with Crippen LogP contribution in [0.2, 0.25) is 0 Å². The molecule has 0 atom stereocenters. The van der Waals surface area contributed by atoms with Crippen molar-refractivity contribution in [2.24, 2.45) is 0 Å². The van der Waals surface area contributed by atoms with E-state index in [9.17, 15) is 9.59 Å². The number of thiophene rings is 1. The topological polar surface area (TPSA) is 74.8 Å². The highest BCUT2D eigenvalue weighted by Crippen LogP contribution is 2.19. The smallest absolute Gasteiger partial charge is 0.260 e. The molecule has 0 saturated carbocycles. The van der Waals surface area contributed by atoms with Crippen LogP contribution in [-0.4, -0.2) is 21.6 Å². The Labute approximate surface area is 134 Å². The molecule has 1 aromatic carbocycles. The first-order valence-electron chi connectivity index (χ1n) is 6.59. The number of nitrogens with one attached hydrogen (secondary N) is 2. The number of anilines is 1. The third-order valence-electron chi connectivity index (χ3n) is 3.07. The Morgan fingerprint density at radius 1 is 1.36 bits per heavy atom. The van der Waals surface area contributed by atoms with E-state index in [0.717, 1.165) is 11.3 Å². The van der Waals surface area contributed by atoms with Crippen LogP contribution >= 0.6 is 23.1 Å². The number of carbonyl (C=O) groups is 1. The van der Waals surface area contributed by atoms with E-state index in [1.54, 1.807) is 6.07 Å². The highest BCUT2D eigenvalue weighted by atomic mass is 32.2. The van der Waals surface area contributed by atoms with Crippen molar-refractivity contribution in [1.29, 1.82) is 0 Å². The molecule has 1 amide bonds. The number of hydrogen-bond donors (Lipinski definition) is 2. The van der Waals surface area contributed by atoms with Gasteiger partial charge >= 0.3 is 0 Å². The summed E-state index contributed by atoms with van der Waals surface area (Å²) in [7, 11) is 0. The first kappa shape index (κ1) is 14.8. The molecule has 0 aliphatic rings. The van der Waals surface area contributed by atoms with Gasteiger partial charge in [0.15, 0.2) is 5.16 Å². The molecule has 5 nitrogen and oxygen atoms in total. The van der Waals surface area contributed by atoms with E-state index in [1.807, 2.05) is 36.6 Å². The van der Waals surface area contributed by atoms with Gasteiger partial charge in [0.1, 0.15) is 4.83 Å². The van der Waals surface area contributed by atoms with Crippen molar-refractivity contribution < 1.29 is 4.79 Å². The van der Waals surface area contributed by atoms with Gasteiger partial charge in [0.05, 0.1) is 11.1 Å². The lowest BCUT2D eigenvalue weighted by molar-refractivity contribution is -0.113. The molecule has 0 radical (unpaired) electrons. The first-order chi connectivity index (χ1) is 10.6. The van der Waals surface area contributed by atoms with Crippen molar-refractivity contribution in [3.63, 3.8) is 0 Å². The van der Waals surface area contributed by atoms with Gasteiger partial charge < -0.3 is 10.3 Å². The largest absolute Gasteiger partial charge is 0.325 e. The number of aromatic nitrogens is 2. The molecular formula is C15H13N3O2S2. The van der Waals surface area contributed by atoms with Crippen LogP contribution in [0.4, 0.5) is 5.69 Å². The van der Waals surface area contributed by atoms with Gasteiger partial charge in [0, 0.05) is 5.69 Å². The number of rotatable bonds is 4. The maximum Gasteiger partial charge on any atom is 0.260 e. The van der Waals surface area contributed by atoms with Crippen LogP contribution in [0, 0.1) is 6.92 Å². The van der Waals surface area contributed by atoms with Crippen molar-refractivity contribution in [1.82, 2.24) is 9.97 Å². The lowest BCUT2D eigenvalue weighted by Crippen LogP contribution is -2.16. The summed E-state index contributed by atoms with van der Waals surface area (Å²) in [6, 6.07) is 9.33. The third kappa shape index (κ3) is 3.20. The lowest BCUT2D eigenvalue weighted by atomic mass is 10.2. The standard InChI is InChI=1S/C15H13N3O2S2/c1-9-4-2-3-5-11(9)16-12(19)8-22-15-17-13(20)10-6-7-21-14(10)18-15/h2-7H,8H2,1H3,(H,16,19)(H,17,18,20). The normalized spacial score (nSPS) is 10.8. The molecule has 0 aliphatic heterocycles. The molecule has 2 aromatic heterocycles. The summed E-state index contributed by atoms with van der Waals surface area (Å²) < 4.78 is 0. The maximum atomic E-state index is 12.0. The van der Waals surface area contributed by atoms with E-state index in [4.69, 9.17) is 0 Å². The van der Waals surface area contributed by atoms with Gasteiger partial charge in [0.25, 0.3) is 5.56 Å². The van der Waals surface area contributed by atoms with Gasteiger partial charge in [-0.2, -0.15) is 0 Å². The molecular weight excluding hydrogens is 318 g/mol. The summed E-state index contributed by atoms with van der Waals surface area (Å²) in [4.78, 5) is 31.5. The zero-order valence-corrected chi connectivity index (χ0v) is 13.4. The van der Waals surface area contributed by atoms with Crippen LogP contribution in [-0.2, 0) is 4.79 Å². The molecule has 0 spiro atoms. The predicted molar refractivity (Wildman–Crippen MR) is 90.8 cm³/mol. The van der Waals surface area contributed by atoms with Gasteiger partial charge in [-0.05, 0) is 30.0 Å². The highest BCUT2D eigenvalue weighted by molar-refractivity contribution is 7.99. The molecule has 0 bridgehead atoms. The number of H-pyrrole nitrogens is 1. The Morgan fingerprint density at radius 2 is 2.18 bits per heavy atom. The van der Waals surface area contributed by atoms with Gasteiger partial charge in [-0.3, -0.25) is 9.59 Å². The van der Waals surface area contributed by atoms with E-state index >= 15 is 0 Å². The lowest BCUT2D eigenvalue weighted by Gasteiger charge is -2.07. The molecule has 3 aromatic rings. The van der Waals surface area contributed by atoms with Crippen molar-refractivity contribution >= 4 is 44.9 Å². The van der Waals surface area contributed by atoms with E-state index < -0.39 is 0 Å². The number of aryl methyl sites for hydroxylation is 1. The highest BCUT2D eigenvalue weighted by Gasteiger charge is 2.09. The zero-order valence-electron chi connectivity index (χ0n) is 11.8. The Kier molecular flexibility index (Phi) is 4.26. The monoisotopic (exact) mass is 331 g/mol. The Bertz CT molecular complexity index is 886. The molecule has 3 rings (SSSR count). The molecule has 22 heavy (non-hydrogen) atoms. The zero-order chi connectivity index (χ0) is 15.5. The average molecular weight is 331 g/mol. The fourth-order valence-electron chi connectivity index (χ4n) is 1.95. The summed E-state index contributed by atoms with van der Waals surface area (Å²) >= 11 is 2.62. The number of nitrogens with zero attached hydrogens (tertiary/aromatic N) is 1. The summed E-state index contributed by atoms with van der Waals surface area (Å²) in [6.07, 6.45) is 0. The number of fused-ring (bicyclic) bond motifs is 1. The second-order valence-electron chi connectivity index (χ2n) is 4.66. The summed E-state index contributed by atoms with van der Waals surface area (Å²) in [5, 5.41) is 5.72. The Balaban J connectivity index is 1.67. The van der Waals surface area contributed by atoms with Crippen LogP contribution in [0.1, 0.15) is 5.56 Å². The summed E-state index contributed by atoms with van der Waals surface area (Å²) in [6.45, 7) is 1.94. The van der Waals surface area contributed by atoms with Gasteiger partial charge in [0.2, 0.25) is 5.91 Å². The van der Waals surface area contributed by atoms with Crippen molar-refractivity contribution in [2.75, 3.05) is 11.1 Å². The third-order valence-corrected chi connectivity index (χ3v) is 4.75. The van der Waals surface area contributed by atoms with Crippen molar-refractivity contribution in [2.45, 2.75) is 12.1 Å². The number of thioether (sulfide) groups is 1. The second-order valence-corrected chi connectivity index (χ2v) is 6.52. The van der Waals surface area contributed by atoms with E-state index in [-0.39, 0.29) is 17.2 Å². The molecule has 112 valence electrons. The first-order valence-corrected chi connectivity index (χ1v) is 8.46. The fourth-order valence-corrected chi connectivity index (χ4v) is 3.43. The SMILES string of the molecule is Cc1ccccc1NC(=O)CSc1nc2sccc2c(=O)[nH]1. The Hall–Kier alpha value is -2.12. The number of benzene rings is 1. The number of carbonyl (C=O) groups excluding carboxylic acids is 1. The minimum atomic E-state index is -0.173. The van der Waals surface area contributed by atoms with Crippen LogP contribution in [0.5, 0.6) is 0 Å². The van der Waals surface area contributed by atoms with Crippen LogP contribution in [0.15, 0.2) is 45.7 Å². The average Bonchev–Trinajstić information content (AvgIpc) is 2.97. The molecule has 7 heteroatoms. The van der Waals surface area contributed by atoms with E-state index in [2.05, 4.69) is 15.3 Å². The van der Waals surface area contributed by atoms with E-state index in [0.29, 0.717) is 15.4 Å². The van der Waals surface area contributed by atoms with Crippen LogP contribution < -0.4 is 10.9 Å². The number of aromatic amines is 1. The fraction of sp³-hybridized carbons (Fsp3) is 0.133. The Morgan fingerprint density at radius 3 is 3.00 bits per heavy atom. The van der Waals surface area contributed by atoms with Gasteiger partial charge in [-0.1, -0.05) is 30.0 Å². The minimum absolute atomic E-state index is 0.131. The van der Waals surface area contributed by atoms with E-state index in [1.165, 1.54) is 23.1 Å². The number of amides is 1. The van der Waals surface area contributed by atoms with Crippen molar-refractivity contribution in [3.05, 3.63) is 51.6 Å². The quantitative estimate of drug-likeness (QED) is 0.569. The van der Waals surface area contributed by atoms with Gasteiger partial charge in [-0.25, -0.2) is 4.98 Å². The predicted octanol–water partition coefficient (Wildman–Crippen LogP) is 3.02. The summed E-state index contributed by atoms with van der Waals surface area (Å²) in [5.74, 6) is 0.0574. The number of hydrogen-bond acceptors (Lipinski definition) is 5. The molecule has 0 saturated heterocycles. The molecule has 0 aliphatic carbocycles. The van der Waals surface area contributed by atoms with Gasteiger partial charge in [-0.15, -0.1) is 11.3 Å². The van der Waals surface area contributed by atoms with Crippen LogP contribution in [0.25, 0.3) is 10.2 Å². The maximum absolute atomic E-state index is 12.0. The number of para-hydroxylation sites is 1. The van der Waals surface area contributed by atoms with Crippen molar-refractivity contribution in [3.8, 4) is 0 Å². The molecule has 2 N–H and O–H groups in total. The molecule has 2 heterocycles. The molecule has 0 unspecified atom stereocenters. The summed E-state index contributed by atoms with van der Waals surface area (Å²) in [5.41, 5.74) is 1.63. The van der Waals surface area contributed by atoms with Crippen LogP contribution in [0.3, 0.4) is 0 Å². The second kappa shape index (κ2) is 6.33.